The molecule has 1 heterocycles. The van der Waals surface area contributed by atoms with Gasteiger partial charge in [0.05, 0.1) is 0 Å². The lowest BCUT2D eigenvalue weighted by Gasteiger charge is -2.24. The van der Waals surface area contributed by atoms with Crippen LogP contribution in [0.3, 0.4) is 0 Å². The summed E-state index contributed by atoms with van der Waals surface area (Å²) in [6.45, 7) is 12.2. The standard InChI is InChI=1S/C65H48Si/c1-64(2)56-19-11-8-16-46(56)48-27-25-43(34-58(48)64)62-51-29-24-42(40-22-23-41-30-38-14-6-7-15-39(38)31-45(41)32-40)33-53(51)63(44-26-28-49-47-17-9-12-20-57(47)65(3,4)59(49)35-44)55-37-61-52(36-54(55)62)50-18-10-13-21-60(50)66(61)5/h6-37,66H,1-5H3. The molecule has 14 rings (SSSR count). The van der Waals surface area contributed by atoms with Crippen LogP contribution in [0.5, 0.6) is 0 Å². The molecule has 2 aliphatic carbocycles. The van der Waals surface area contributed by atoms with Gasteiger partial charge in [-0.15, -0.1) is 0 Å². The molecule has 1 heteroatoms. The van der Waals surface area contributed by atoms with Crippen molar-refractivity contribution < 1.29 is 0 Å². The summed E-state index contributed by atoms with van der Waals surface area (Å²) in [7, 11) is -1.46. The Bertz CT molecular complexity index is 3950. The maximum absolute atomic E-state index is 2.65. The molecule has 312 valence electrons. The molecular formula is C65H48Si. The van der Waals surface area contributed by atoms with Gasteiger partial charge in [-0.1, -0.05) is 191 Å². The van der Waals surface area contributed by atoms with Crippen molar-refractivity contribution in [2.45, 2.75) is 45.1 Å². The first-order valence-electron chi connectivity index (χ1n) is 23.7. The SMILES string of the molecule is C[SiH]1c2ccccc2-c2cc3c(-c4ccc5c(c4)C(C)(C)c4ccccc4-5)c4ccc(-c5ccc6cc7ccccc7cc6c5)cc4c(-c4ccc5c(c4)C(C)(C)c4ccccc4-5)c3cc21. The first-order chi connectivity index (χ1) is 32.1. The fourth-order valence-electron chi connectivity index (χ4n) is 12.8. The predicted octanol–water partition coefficient (Wildman–Crippen LogP) is 15.9. The Morgan fingerprint density at radius 1 is 0.288 bits per heavy atom. The minimum Gasteiger partial charge on any atom is -0.0641 e. The third-order valence-corrected chi connectivity index (χ3v) is 19.1. The van der Waals surface area contributed by atoms with Crippen molar-refractivity contribution in [1.29, 1.82) is 0 Å². The Labute approximate surface area is 388 Å². The van der Waals surface area contributed by atoms with Crippen LogP contribution >= 0.6 is 0 Å². The fraction of sp³-hybridized carbons (Fsp3) is 0.108. The Balaban J connectivity index is 1.09. The van der Waals surface area contributed by atoms with Gasteiger partial charge in [0, 0.05) is 10.8 Å². The summed E-state index contributed by atoms with van der Waals surface area (Å²) in [5.74, 6) is 0. The van der Waals surface area contributed by atoms with Gasteiger partial charge in [-0.25, -0.2) is 0 Å². The van der Waals surface area contributed by atoms with Crippen molar-refractivity contribution in [3.8, 4) is 66.8 Å². The van der Waals surface area contributed by atoms with Gasteiger partial charge in [0.1, 0.15) is 8.80 Å². The monoisotopic (exact) mass is 856 g/mol. The second-order valence-electron chi connectivity index (χ2n) is 20.4. The molecule has 3 aliphatic rings. The highest BCUT2D eigenvalue weighted by atomic mass is 28.3. The van der Waals surface area contributed by atoms with E-state index in [4.69, 9.17) is 0 Å². The molecule has 0 amide bonds. The fourth-order valence-corrected chi connectivity index (χ4v) is 15.4. The van der Waals surface area contributed by atoms with Crippen molar-refractivity contribution in [2.24, 2.45) is 0 Å². The Morgan fingerprint density at radius 3 is 1.42 bits per heavy atom. The number of hydrogen-bond acceptors (Lipinski definition) is 0. The molecule has 0 saturated heterocycles. The molecule has 0 N–H and O–H groups in total. The summed E-state index contributed by atoms with van der Waals surface area (Å²) in [4.78, 5) is 0. The third-order valence-electron chi connectivity index (χ3n) is 16.3. The molecule has 0 bridgehead atoms. The topological polar surface area (TPSA) is 0 Å². The zero-order valence-electron chi connectivity index (χ0n) is 38.1. The van der Waals surface area contributed by atoms with Crippen molar-refractivity contribution in [3.63, 3.8) is 0 Å². The number of hydrogen-bond donors (Lipinski definition) is 0. The van der Waals surface area contributed by atoms with Crippen LogP contribution in [0.4, 0.5) is 0 Å². The smallest absolute Gasteiger partial charge is 0.0641 e. The summed E-state index contributed by atoms with van der Waals surface area (Å²) in [5.41, 5.74) is 21.4. The van der Waals surface area contributed by atoms with E-state index in [2.05, 4.69) is 228 Å². The van der Waals surface area contributed by atoms with Crippen LogP contribution < -0.4 is 10.4 Å². The number of fused-ring (bicyclic) bond motifs is 13. The van der Waals surface area contributed by atoms with Crippen molar-refractivity contribution >= 4 is 62.3 Å². The van der Waals surface area contributed by atoms with E-state index >= 15 is 0 Å². The number of rotatable bonds is 3. The van der Waals surface area contributed by atoms with Crippen molar-refractivity contribution in [1.82, 2.24) is 0 Å². The van der Waals surface area contributed by atoms with Gasteiger partial charge >= 0.3 is 0 Å². The second kappa shape index (κ2) is 13.4. The molecule has 0 spiro atoms. The van der Waals surface area contributed by atoms with Crippen LogP contribution in [0.2, 0.25) is 6.55 Å². The third kappa shape index (κ3) is 5.15. The lowest BCUT2D eigenvalue weighted by atomic mass is 9.79. The Hall–Kier alpha value is -7.32. The molecule has 0 fully saturated rings. The highest BCUT2D eigenvalue weighted by Gasteiger charge is 2.38. The van der Waals surface area contributed by atoms with Crippen molar-refractivity contribution in [2.75, 3.05) is 0 Å². The average molecular weight is 857 g/mol. The first kappa shape index (κ1) is 38.0. The van der Waals surface area contributed by atoms with Gasteiger partial charge in [-0.3, -0.25) is 0 Å². The molecule has 1 unspecified atom stereocenters. The molecule has 0 aromatic heterocycles. The van der Waals surface area contributed by atoms with Gasteiger partial charge in [-0.05, 0) is 180 Å². The van der Waals surface area contributed by atoms with Crippen LogP contribution in [-0.4, -0.2) is 8.80 Å². The van der Waals surface area contributed by atoms with E-state index in [-0.39, 0.29) is 10.8 Å². The largest absolute Gasteiger partial charge is 0.101 e. The zero-order chi connectivity index (χ0) is 44.2. The molecule has 0 saturated carbocycles. The Morgan fingerprint density at radius 2 is 0.758 bits per heavy atom. The van der Waals surface area contributed by atoms with E-state index in [0.717, 1.165) is 0 Å². The first-order valence-corrected chi connectivity index (χ1v) is 26.0. The van der Waals surface area contributed by atoms with Crippen LogP contribution in [0.15, 0.2) is 194 Å². The van der Waals surface area contributed by atoms with E-state index in [1.54, 1.807) is 10.4 Å². The molecule has 11 aromatic rings. The van der Waals surface area contributed by atoms with Gasteiger partial charge in [0.2, 0.25) is 0 Å². The number of benzene rings is 11. The second-order valence-corrected chi connectivity index (χ2v) is 23.1. The van der Waals surface area contributed by atoms with E-state index in [1.807, 2.05) is 0 Å². The molecule has 1 aliphatic heterocycles. The quantitative estimate of drug-likeness (QED) is 0.123. The molecule has 1 atom stereocenters. The van der Waals surface area contributed by atoms with Gasteiger partial charge in [-0.2, -0.15) is 0 Å². The maximum Gasteiger partial charge on any atom is 0.101 e. The van der Waals surface area contributed by atoms with E-state index in [0.29, 0.717) is 0 Å². The Kier molecular flexibility index (Phi) is 7.70. The molecular weight excluding hydrogens is 809 g/mol. The predicted molar refractivity (Wildman–Crippen MR) is 286 cm³/mol. The van der Waals surface area contributed by atoms with Gasteiger partial charge < -0.3 is 0 Å². The molecule has 11 aromatic carbocycles. The molecule has 0 radical (unpaired) electrons. The molecule has 0 nitrogen and oxygen atoms in total. The minimum atomic E-state index is -1.46. The van der Waals surface area contributed by atoms with Crippen LogP contribution in [0, 0.1) is 0 Å². The van der Waals surface area contributed by atoms with Crippen LogP contribution in [0.25, 0.3) is 110 Å². The lowest BCUT2D eigenvalue weighted by Crippen LogP contribution is -2.34. The summed E-state index contributed by atoms with van der Waals surface area (Å²) < 4.78 is 0. The summed E-state index contributed by atoms with van der Waals surface area (Å²) >= 11 is 0. The van der Waals surface area contributed by atoms with E-state index in [9.17, 15) is 0 Å². The van der Waals surface area contributed by atoms with Gasteiger partial charge in [0.15, 0.2) is 0 Å². The highest BCUT2D eigenvalue weighted by Crippen LogP contribution is 2.54. The van der Waals surface area contributed by atoms with E-state index < -0.39 is 8.80 Å². The maximum atomic E-state index is 2.65. The average Bonchev–Trinajstić information content (AvgIpc) is 3.86. The highest BCUT2D eigenvalue weighted by molar-refractivity contribution is 6.88. The van der Waals surface area contributed by atoms with Gasteiger partial charge in [0.25, 0.3) is 0 Å². The minimum absolute atomic E-state index is 0.113. The summed E-state index contributed by atoms with van der Waals surface area (Å²) in [6, 6.07) is 75.1. The van der Waals surface area contributed by atoms with E-state index in [1.165, 1.54) is 132 Å². The normalized spacial score (nSPS) is 15.7. The summed E-state index contributed by atoms with van der Waals surface area (Å²) in [6.07, 6.45) is 0. The van der Waals surface area contributed by atoms with Crippen molar-refractivity contribution in [3.05, 3.63) is 216 Å². The van der Waals surface area contributed by atoms with Crippen LogP contribution in [-0.2, 0) is 10.8 Å². The lowest BCUT2D eigenvalue weighted by molar-refractivity contribution is 0.660. The molecule has 66 heavy (non-hydrogen) atoms. The summed E-state index contributed by atoms with van der Waals surface area (Å²) in [5, 5.41) is 13.5. The van der Waals surface area contributed by atoms with Crippen LogP contribution in [0.1, 0.15) is 49.9 Å². The zero-order valence-corrected chi connectivity index (χ0v) is 39.2.